The van der Waals surface area contributed by atoms with Gasteiger partial charge < -0.3 is 23.9 Å². The van der Waals surface area contributed by atoms with Gasteiger partial charge in [-0.3, -0.25) is 14.8 Å². The standard InChI is InChI=1S/C28H31N3O8S2.Na/c1-16-13-29-21(17(2)24(16)38-6)14-40(34)27-30-20-11-12-22(37-5)25(23(20)31-27)41(35,36)19-9-7-18(8-10-19)39-15-28(3,4)26(32)33;/h7-13H,14-15H2,1-6H3,(H,30,31)(H,32,33);. The number of H-pyrrole nitrogens is 1. The van der Waals surface area contributed by atoms with Crippen LogP contribution in [0.1, 0.15) is 30.7 Å². The van der Waals surface area contributed by atoms with Crippen LogP contribution in [0.3, 0.4) is 0 Å². The number of pyridine rings is 1. The van der Waals surface area contributed by atoms with Gasteiger partial charge >= 0.3 is 11.1 Å². The van der Waals surface area contributed by atoms with E-state index < -0.39 is 32.4 Å². The molecule has 14 heteroatoms. The van der Waals surface area contributed by atoms with E-state index in [9.17, 15) is 22.9 Å². The number of carbonyl (C=O) groups is 1. The second-order valence-electron chi connectivity index (χ2n) is 10.0. The molecular weight excluding hydrogens is 593 g/mol. The summed E-state index contributed by atoms with van der Waals surface area (Å²) in [6.45, 7) is 6.67. The minimum Gasteiger partial charge on any atom is -0.609 e. The first-order valence-electron chi connectivity index (χ1n) is 12.5. The fourth-order valence-corrected chi connectivity index (χ4v) is 6.78. The number of aliphatic carboxylic acids is 1. The first-order chi connectivity index (χ1) is 19.3. The maximum Gasteiger partial charge on any atom is 0.322 e. The maximum atomic E-state index is 13.8. The molecule has 0 amide bonds. The van der Waals surface area contributed by atoms with Gasteiger partial charge in [0.15, 0.2) is 5.75 Å². The van der Waals surface area contributed by atoms with Crippen LogP contribution < -0.4 is 14.2 Å². The third-order valence-corrected chi connectivity index (χ3v) is 9.58. The molecule has 0 aliphatic carbocycles. The van der Waals surface area contributed by atoms with E-state index in [1.807, 2.05) is 13.8 Å². The van der Waals surface area contributed by atoms with Crippen LogP contribution in [0.25, 0.3) is 11.0 Å². The molecule has 219 valence electrons. The number of imidazole rings is 1. The topological polar surface area (TPSA) is 164 Å². The smallest absolute Gasteiger partial charge is 0.322 e. The number of carboxylic acid groups (broad SMARTS) is 1. The third-order valence-electron chi connectivity index (χ3n) is 6.59. The molecule has 11 nitrogen and oxygen atoms in total. The average Bonchev–Trinajstić information content (AvgIpc) is 3.37. The normalized spacial score (nSPS) is 12.5. The van der Waals surface area contributed by atoms with Crippen molar-refractivity contribution in [1.29, 1.82) is 0 Å². The second kappa shape index (κ2) is 13.2. The summed E-state index contributed by atoms with van der Waals surface area (Å²) in [7, 11) is -1.23. The van der Waals surface area contributed by atoms with Gasteiger partial charge in [0.05, 0.1) is 41.3 Å². The number of fused-ring (bicyclic) bond motifs is 1. The van der Waals surface area contributed by atoms with Crippen molar-refractivity contribution in [3.63, 3.8) is 0 Å². The molecule has 1 unspecified atom stereocenters. The molecule has 0 spiro atoms. The summed E-state index contributed by atoms with van der Waals surface area (Å²) in [6, 6.07) is 8.72. The molecule has 0 aliphatic rings. The number of hydrogen-bond donors (Lipinski definition) is 2. The van der Waals surface area contributed by atoms with Crippen LogP contribution in [0.5, 0.6) is 17.2 Å². The van der Waals surface area contributed by atoms with E-state index in [-0.39, 0.29) is 68.1 Å². The number of aromatic amines is 1. The summed E-state index contributed by atoms with van der Waals surface area (Å²) in [5, 5.41) is 9.37. The first kappa shape index (κ1) is 33.7. The van der Waals surface area contributed by atoms with E-state index >= 15 is 0 Å². The van der Waals surface area contributed by atoms with Crippen LogP contribution in [0.4, 0.5) is 0 Å². The van der Waals surface area contributed by atoms with Crippen molar-refractivity contribution in [2.75, 3.05) is 20.8 Å². The molecule has 4 rings (SSSR count). The average molecular weight is 625 g/mol. The number of nitrogens with zero attached hydrogens (tertiary/aromatic N) is 2. The summed E-state index contributed by atoms with van der Waals surface area (Å²) in [4.78, 5) is 22.9. The van der Waals surface area contributed by atoms with Crippen LogP contribution >= 0.6 is 0 Å². The Morgan fingerprint density at radius 2 is 1.76 bits per heavy atom. The first-order valence-corrected chi connectivity index (χ1v) is 15.3. The number of ether oxygens (including phenoxy) is 3. The van der Waals surface area contributed by atoms with Gasteiger partial charge in [-0.05, 0) is 64.1 Å². The zero-order valence-corrected chi connectivity index (χ0v) is 28.1. The number of methoxy groups -OCH3 is 2. The zero-order chi connectivity index (χ0) is 30.1. The van der Waals surface area contributed by atoms with E-state index in [0.29, 0.717) is 22.7 Å². The fraction of sp³-hybridized carbons (Fsp3) is 0.321. The summed E-state index contributed by atoms with van der Waals surface area (Å²) in [5.74, 6) is 0.0994. The predicted molar refractivity (Wildman–Crippen MR) is 158 cm³/mol. The van der Waals surface area contributed by atoms with Crippen molar-refractivity contribution < 1.29 is 37.1 Å². The summed E-state index contributed by atoms with van der Waals surface area (Å²) in [6.07, 6.45) is 1.65. The Morgan fingerprint density at radius 3 is 2.36 bits per heavy atom. The van der Waals surface area contributed by atoms with Crippen molar-refractivity contribution in [3.8, 4) is 17.2 Å². The van der Waals surface area contributed by atoms with Crippen LogP contribution in [-0.4, -0.2) is 89.4 Å². The number of hydrogen-bond acceptors (Lipinski definition) is 9. The van der Waals surface area contributed by atoms with E-state index in [0.717, 1.165) is 11.1 Å². The zero-order valence-electron chi connectivity index (χ0n) is 24.5. The molecule has 2 heterocycles. The molecule has 0 fully saturated rings. The number of benzene rings is 2. The minimum atomic E-state index is -4.15. The van der Waals surface area contributed by atoms with E-state index in [4.69, 9.17) is 14.2 Å². The molecule has 1 radical (unpaired) electrons. The molecule has 0 aliphatic heterocycles. The van der Waals surface area contributed by atoms with Crippen molar-refractivity contribution >= 4 is 67.6 Å². The number of sulfone groups is 1. The van der Waals surface area contributed by atoms with Gasteiger partial charge in [0, 0.05) is 58.1 Å². The SMILES string of the molecule is COc1ccc2nc([S+]([O-])Cc3ncc(C)c(OC)c3C)[nH]c2c1S(=O)(=O)c1ccc(OCC(C)(C)C(=O)O)cc1.[Na]. The molecule has 2 aromatic carbocycles. The predicted octanol–water partition coefficient (Wildman–Crippen LogP) is 3.84. The molecule has 0 saturated heterocycles. The molecule has 2 N–H and O–H groups in total. The van der Waals surface area contributed by atoms with Gasteiger partial charge in [-0.2, -0.15) is 4.98 Å². The Balaban J connectivity index is 0.00000484. The monoisotopic (exact) mass is 624 g/mol. The number of aryl methyl sites for hydroxylation is 1. The molecule has 4 aromatic rings. The maximum absolute atomic E-state index is 13.8. The number of nitrogens with one attached hydrogen (secondary N) is 1. The third kappa shape index (κ3) is 6.71. The Labute approximate surface area is 269 Å². The van der Waals surface area contributed by atoms with Crippen molar-refractivity contribution in [2.24, 2.45) is 5.41 Å². The fourth-order valence-electron chi connectivity index (χ4n) is 4.11. The summed E-state index contributed by atoms with van der Waals surface area (Å²) in [5.41, 5.74) is 1.53. The number of aromatic nitrogens is 3. The largest absolute Gasteiger partial charge is 0.609 e. The van der Waals surface area contributed by atoms with Gasteiger partial charge in [0.2, 0.25) is 9.84 Å². The summed E-state index contributed by atoms with van der Waals surface area (Å²) < 4.78 is 57.4. The summed E-state index contributed by atoms with van der Waals surface area (Å²) >= 11 is -1.68. The number of rotatable bonds is 11. The number of carboxylic acids is 1. The van der Waals surface area contributed by atoms with Gasteiger partial charge in [-0.15, -0.1) is 0 Å². The Kier molecular flexibility index (Phi) is 10.6. The molecule has 42 heavy (non-hydrogen) atoms. The van der Waals surface area contributed by atoms with E-state index in [2.05, 4.69) is 15.0 Å². The minimum absolute atomic E-state index is 0. The molecular formula is C28H31N3NaO8S2. The van der Waals surface area contributed by atoms with Crippen LogP contribution in [0.15, 0.2) is 57.5 Å². The van der Waals surface area contributed by atoms with E-state index in [1.165, 1.54) is 51.3 Å². The quantitative estimate of drug-likeness (QED) is 0.185. The van der Waals surface area contributed by atoms with Crippen molar-refractivity contribution in [1.82, 2.24) is 15.0 Å². The van der Waals surface area contributed by atoms with Gasteiger partial charge in [-0.1, -0.05) is 0 Å². The second-order valence-corrected chi connectivity index (χ2v) is 13.3. The van der Waals surface area contributed by atoms with Crippen molar-refractivity contribution in [3.05, 3.63) is 59.4 Å². The van der Waals surface area contributed by atoms with Gasteiger partial charge in [0.25, 0.3) is 0 Å². The molecule has 0 saturated carbocycles. The Morgan fingerprint density at radius 1 is 1.10 bits per heavy atom. The Hall–Kier alpha value is -2.81. The Bertz CT molecular complexity index is 1710. The van der Waals surface area contributed by atoms with Gasteiger partial charge in [-0.25, -0.2) is 8.42 Å². The van der Waals surface area contributed by atoms with Crippen LogP contribution in [0.2, 0.25) is 0 Å². The van der Waals surface area contributed by atoms with E-state index in [1.54, 1.807) is 19.4 Å². The molecule has 2 aromatic heterocycles. The van der Waals surface area contributed by atoms with Crippen LogP contribution in [0, 0.1) is 19.3 Å². The molecule has 0 bridgehead atoms. The van der Waals surface area contributed by atoms with Crippen molar-refractivity contribution in [2.45, 2.75) is 48.4 Å². The van der Waals surface area contributed by atoms with Crippen LogP contribution in [-0.2, 0) is 31.6 Å². The van der Waals surface area contributed by atoms with Gasteiger partial charge in [0.1, 0.15) is 28.8 Å². The molecule has 1 atom stereocenters.